The highest BCUT2D eigenvalue weighted by Gasteiger charge is 2.15. The molecule has 0 aliphatic carbocycles. The van der Waals surface area contributed by atoms with Gasteiger partial charge in [-0.3, -0.25) is 4.79 Å². The molecule has 1 unspecified atom stereocenters. The molecule has 2 aromatic rings. The average molecular weight is 299 g/mol. The monoisotopic (exact) mass is 299 g/mol. The van der Waals surface area contributed by atoms with Crippen molar-refractivity contribution in [2.24, 2.45) is 5.73 Å². The lowest BCUT2D eigenvalue weighted by Gasteiger charge is -2.18. The molecule has 0 bridgehead atoms. The van der Waals surface area contributed by atoms with Crippen molar-refractivity contribution < 1.29 is 14.3 Å². The number of methoxy groups -OCH3 is 1. The smallest absolute Gasteiger partial charge is 0.319 e. The van der Waals surface area contributed by atoms with Gasteiger partial charge in [0.25, 0.3) is 0 Å². The molecule has 1 atom stereocenters. The zero-order valence-corrected chi connectivity index (χ0v) is 12.7. The molecule has 4 heteroatoms. The highest BCUT2D eigenvalue weighted by atomic mass is 16.5. The van der Waals surface area contributed by atoms with E-state index >= 15 is 0 Å². The molecule has 0 aromatic heterocycles. The van der Waals surface area contributed by atoms with E-state index in [0.717, 1.165) is 16.9 Å². The van der Waals surface area contributed by atoms with Gasteiger partial charge in [0, 0.05) is 12.8 Å². The summed E-state index contributed by atoms with van der Waals surface area (Å²) in [6.07, 6.45) is 1.03. The third-order valence-electron chi connectivity index (χ3n) is 3.37. The molecule has 0 heterocycles. The van der Waals surface area contributed by atoms with Crippen molar-refractivity contribution in [1.82, 2.24) is 0 Å². The number of hydrogen-bond donors (Lipinski definition) is 1. The van der Waals surface area contributed by atoms with Crippen LogP contribution in [0, 0.1) is 0 Å². The Bertz CT molecular complexity index is 598. The van der Waals surface area contributed by atoms with Gasteiger partial charge in [0.05, 0.1) is 13.7 Å². The van der Waals surface area contributed by atoms with E-state index in [1.807, 2.05) is 54.6 Å². The molecule has 0 aliphatic rings. The van der Waals surface area contributed by atoms with Crippen LogP contribution in [0.3, 0.4) is 0 Å². The highest BCUT2D eigenvalue weighted by molar-refractivity contribution is 5.71. The van der Waals surface area contributed by atoms with Crippen LogP contribution in [0.4, 0.5) is 0 Å². The Morgan fingerprint density at radius 2 is 1.73 bits per heavy atom. The number of rotatable bonds is 7. The molecule has 0 amide bonds. The average Bonchev–Trinajstić information content (AvgIpc) is 2.55. The second kappa shape index (κ2) is 8.20. The Balaban J connectivity index is 2.11. The zero-order chi connectivity index (χ0) is 15.8. The van der Waals surface area contributed by atoms with Crippen LogP contribution in [0.2, 0.25) is 0 Å². The first-order chi connectivity index (χ1) is 10.7. The Morgan fingerprint density at radius 1 is 1.05 bits per heavy atom. The molecule has 0 saturated carbocycles. The first-order valence-corrected chi connectivity index (χ1v) is 7.27. The molecule has 116 valence electrons. The van der Waals surface area contributed by atoms with Gasteiger partial charge < -0.3 is 15.2 Å². The molecule has 0 aliphatic heterocycles. The van der Waals surface area contributed by atoms with Gasteiger partial charge in [0.1, 0.15) is 11.9 Å². The minimum Gasteiger partial charge on any atom is -0.497 e. The Kier molecular flexibility index (Phi) is 5.98. The van der Waals surface area contributed by atoms with Crippen LogP contribution in [0.15, 0.2) is 54.6 Å². The van der Waals surface area contributed by atoms with Crippen molar-refractivity contribution in [3.63, 3.8) is 0 Å². The number of esters is 1. The van der Waals surface area contributed by atoms with Crippen molar-refractivity contribution in [3.05, 3.63) is 65.7 Å². The lowest BCUT2D eigenvalue weighted by atomic mass is 10.0. The summed E-state index contributed by atoms with van der Waals surface area (Å²) in [5.74, 6) is 0.407. The quantitative estimate of drug-likeness (QED) is 0.797. The second-order valence-electron chi connectivity index (χ2n) is 5.06. The molecule has 2 N–H and O–H groups in total. The predicted octanol–water partition coefficient (Wildman–Crippen LogP) is 2.35. The summed E-state index contributed by atoms with van der Waals surface area (Å²) >= 11 is 0. The topological polar surface area (TPSA) is 61.5 Å². The number of ether oxygens (including phenoxy) is 2. The Morgan fingerprint density at radius 3 is 2.41 bits per heavy atom. The number of carbonyl (C=O) groups excluding carboxylic acids is 1. The Hall–Kier alpha value is -2.33. The summed E-state index contributed by atoms with van der Waals surface area (Å²) in [7, 11) is 1.63. The fourth-order valence-electron chi connectivity index (χ4n) is 2.33. The summed E-state index contributed by atoms with van der Waals surface area (Å²) in [4.78, 5) is 11.6. The van der Waals surface area contributed by atoms with Gasteiger partial charge in [0.15, 0.2) is 0 Å². The number of benzene rings is 2. The highest BCUT2D eigenvalue weighted by Crippen LogP contribution is 2.17. The van der Waals surface area contributed by atoms with Crippen LogP contribution < -0.4 is 10.5 Å². The SMILES string of the molecule is COc1cccc(CC(Cc2ccccc2)OC(=O)CN)c1. The standard InChI is InChI=1S/C18H21NO3/c1-21-16-9-5-8-15(11-16)12-17(22-18(20)13-19)10-14-6-3-2-4-7-14/h2-9,11,17H,10,12-13,19H2,1H3. The van der Waals surface area contributed by atoms with E-state index in [0.29, 0.717) is 12.8 Å². The summed E-state index contributed by atoms with van der Waals surface area (Å²) in [6.45, 7) is -0.108. The van der Waals surface area contributed by atoms with E-state index < -0.39 is 0 Å². The minimum absolute atomic E-state index is 0.108. The van der Waals surface area contributed by atoms with Gasteiger partial charge in [-0.05, 0) is 23.3 Å². The lowest BCUT2D eigenvalue weighted by molar-refractivity contribution is -0.147. The molecule has 0 saturated heterocycles. The lowest BCUT2D eigenvalue weighted by Crippen LogP contribution is -2.27. The van der Waals surface area contributed by atoms with Gasteiger partial charge in [-0.2, -0.15) is 0 Å². The molecule has 0 spiro atoms. The van der Waals surface area contributed by atoms with Crippen LogP contribution in [0.1, 0.15) is 11.1 Å². The second-order valence-corrected chi connectivity index (χ2v) is 5.06. The van der Waals surface area contributed by atoms with Crippen LogP contribution in [-0.2, 0) is 22.4 Å². The molecule has 22 heavy (non-hydrogen) atoms. The summed E-state index contributed by atoms with van der Waals surface area (Å²) < 4.78 is 10.7. The van der Waals surface area contributed by atoms with E-state index in [1.165, 1.54) is 0 Å². The summed E-state index contributed by atoms with van der Waals surface area (Å²) in [5.41, 5.74) is 7.54. The molecule has 0 fully saturated rings. The maximum Gasteiger partial charge on any atom is 0.319 e. The van der Waals surface area contributed by atoms with E-state index in [4.69, 9.17) is 15.2 Å². The van der Waals surface area contributed by atoms with Gasteiger partial charge >= 0.3 is 5.97 Å². The van der Waals surface area contributed by atoms with Crippen molar-refractivity contribution in [3.8, 4) is 5.75 Å². The third kappa shape index (κ3) is 4.90. The van der Waals surface area contributed by atoms with Crippen molar-refractivity contribution >= 4 is 5.97 Å². The van der Waals surface area contributed by atoms with Crippen LogP contribution >= 0.6 is 0 Å². The Labute approximate surface area is 130 Å². The molecular weight excluding hydrogens is 278 g/mol. The van der Waals surface area contributed by atoms with Crippen LogP contribution in [0.25, 0.3) is 0 Å². The maximum absolute atomic E-state index is 11.6. The van der Waals surface area contributed by atoms with Crippen molar-refractivity contribution in [1.29, 1.82) is 0 Å². The van der Waals surface area contributed by atoms with Gasteiger partial charge in [-0.25, -0.2) is 0 Å². The molecular formula is C18H21NO3. The van der Waals surface area contributed by atoms with Crippen LogP contribution in [-0.4, -0.2) is 25.7 Å². The van der Waals surface area contributed by atoms with Crippen molar-refractivity contribution in [2.75, 3.05) is 13.7 Å². The van der Waals surface area contributed by atoms with E-state index in [-0.39, 0.29) is 18.6 Å². The van der Waals surface area contributed by atoms with Gasteiger partial charge in [-0.15, -0.1) is 0 Å². The fraction of sp³-hybridized carbons (Fsp3) is 0.278. The number of hydrogen-bond acceptors (Lipinski definition) is 4. The van der Waals surface area contributed by atoms with Gasteiger partial charge in [-0.1, -0.05) is 42.5 Å². The van der Waals surface area contributed by atoms with E-state index in [1.54, 1.807) is 7.11 Å². The van der Waals surface area contributed by atoms with Crippen molar-refractivity contribution in [2.45, 2.75) is 18.9 Å². The summed E-state index contributed by atoms with van der Waals surface area (Å²) in [6, 6.07) is 17.7. The first-order valence-electron chi connectivity index (χ1n) is 7.27. The van der Waals surface area contributed by atoms with E-state index in [2.05, 4.69) is 0 Å². The first kappa shape index (κ1) is 16.0. The number of nitrogens with two attached hydrogens (primary N) is 1. The normalized spacial score (nSPS) is 11.7. The molecule has 2 aromatic carbocycles. The molecule has 0 radical (unpaired) electrons. The third-order valence-corrected chi connectivity index (χ3v) is 3.37. The fourth-order valence-corrected chi connectivity index (χ4v) is 2.33. The van der Waals surface area contributed by atoms with E-state index in [9.17, 15) is 4.79 Å². The predicted molar refractivity (Wildman–Crippen MR) is 85.8 cm³/mol. The summed E-state index contributed by atoms with van der Waals surface area (Å²) in [5, 5.41) is 0. The zero-order valence-electron chi connectivity index (χ0n) is 12.7. The number of carbonyl (C=O) groups is 1. The maximum atomic E-state index is 11.6. The van der Waals surface area contributed by atoms with Crippen LogP contribution in [0.5, 0.6) is 5.75 Å². The molecule has 4 nitrogen and oxygen atoms in total. The minimum atomic E-state index is -0.385. The van der Waals surface area contributed by atoms with Gasteiger partial charge in [0.2, 0.25) is 0 Å². The molecule has 2 rings (SSSR count). The largest absolute Gasteiger partial charge is 0.497 e.